The number of halogens is 1. The van der Waals surface area contributed by atoms with Crippen molar-refractivity contribution in [1.82, 2.24) is 10.6 Å². The predicted molar refractivity (Wildman–Crippen MR) is 80.0 cm³/mol. The second-order valence-electron chi connectivity index (χ2n) is 4.44. The average molecular weight is 305 g/mol. The number of morpholine rings is 1. The number of thiophene rings is 1. The summed E-state index contributed by atoms with van der Waals surface area (Å²) in [5.41, 5.74) is 0. The lowest BCUT2D eigenvalue weighted by Crippen LogP contribution is -2.41. The molecule has 1 amide bonds. The molecule has 0 aliphatic carbocycles. The van der Waals surface area contributed by atoms with Crippen LogP contribution in [0.2, 0.25) is 0 Å². The zero-order valence-corrected chi connectivity index (χ0v) is 12.7. The van der Waals surface area contributed by atoms with E-state index in [1.807, 2.05) is 11.4 Å². The number of carbonyl (C=O) groups is 1. The van der Waals surface area contributed by atoms with Gasteiger partial charge in [-0.15, -0.1) is 23.7 Å². The van der Waals surface area contributed by atoms with E-state index in [9.17, 15) is 4.79 Å². The van der Waals surface area contributed by atoms with Crippen LogP contribution in [0, 0.1) is 0 Å². The van der Waals surface area contributed by atoms with Crippen molar-refractivity contribution in [2.75, 3.05) is 19.7 Å². The van der Waals surface area contributed by atoms with Crippen molar-refractivity contribution in [3.8, 4) is 0 Å². The third kappa shape index (κ3) is 5.10. The van der Waals surface area contributed by atoms with Gasteiger partial charge in [-0.1, -0.05) is 13.0 Å². The maximum atomic E-state index is 12.0. The van der Waals surface area contributed by atoms with Crippen molar-refractivity contribution in [3.63, 3.8) is 0 Å². The smallest absolute Gasteiger partial charge is 0.223 e. The zero-order valence-electron chi connectivity index (χ0n) is 11.1. The Morgan fingerprint density at radius 1 is 1.68 bits per heavy atom. The first kappa shape index (κ1) is 16.4. The minimum Gasteiger partial charge on any atom is -0.375 e. The molecule has 1 aromatic heterocycles. The second kappa shape index (κ2) is 8.53. The van der Waals surface area contributed by atoms with Crippen molar-refractivity contribution in [2.24, 2.45) is 0 Å². The van der Waals surface area contributed by atoms with Crippen LogP contribution in [0.1, 0.15) is 30.7 Å². The van der Waals surface area contributed by atoms with Gasteiger partial charge >= 0.3 is 0 Å². The summed E-state index contributed by atoms with van der Waals surface area (Å²) in [7, 11) is 0. The number of hydrogen-bond acceptors (Lipinski definition) is 4. The summed E-state index contributed by atoms with van der Waals surface area (Å²) >= 11 is 1.69. The van der Waals surface area contributed by atoms with Gasteiger partial charge in [0.1, 0.15) is 0 Å². The fraction of sp³-hybridized carbons (Fsp3) is 0.615. The Labute approximate surface area is 124 Å². The van der Waals surface area contributed by atoms with E-state index in [2.05, 4.69) is 23.6 Å². The lowest BCUT2D eigenvalue weighted by atomic mass is 10.1. The summed E-state index contributed by atoms with van der Waals surface area (Å²) in [5.74, 6) is 0.0731. The molecule has 1 fully saturated rings. The topological polar surface area (TPSA) is 50.4 Å². The van der Waals surface area contributed by atoms with Crippen molar-refractivity contribution in [3.05, 3.63) is 22.4 Å². The Bertz CT molecular complexity index is 367. The normalized spacial score (nSPS) is 20.4. The van der Waals surface area contributed by atoms with E-state index < -0.39 is 0 Å². The monoisotopic (exact) mass is 304 g/mol. The predicted octanol–water partition coefficient (Wildman–Crippen LogP) is 2.12. The van der Waals surface area contributed by atoms with Crippen molar-refractivity contribution < 1.29 is 9.53 Å². The van der Waals surface area contributed by atoms with E-state index >= 15 is 0 Å². The van der Waals surface area contributed by atoms with Crippen LogP contribution in [0.3, 0.4) is 0 Å². The molecular weight excluding hydrogens is 284 g/mol. The van der Waals surface area contributed by atoms with Crippen LogP contribution in [-0.2, 0) is 9.53 Å². The largest absolute Gasteiger partial charge is 0.375 e. The van der Waals surface area contributed by atoms with Gasteiger partial charge in [0.2, 0.25) is 5.91 Å². The number of nitrogens with one attached hydrogen (secondary N) is 2. The van der Waals surface area contributed by atoms with Crippen LogP contribution in [0.5, 0.6) is 0 Å². The van der Waals surface area contributed by atoms with Crippen LogP contribution in [0.15, 0.2) is 17.5 Å². The molecule has 0 radical (unpaired) electrons. The van der Waals surface area contributed by atoms with Gasteiger partial charge < -0.3 is 15.4 Å². The lowest BCUT2D eigenvalue weighted by molar-refractivity contribution is -0.125. The Hall–Kier alpha value is -0.620. The van der Waals surface area contributed by atoms with Crippen molar-refractivity contribution >= 4 is 29.7 Å². The van der Waals surface area contributed by atoms with Gasteiger partial charge in [-0.2, -0.15) is 0 Å². The minimum atomic E-state index is 0. The first-order chi connectivity index (χ1) is 8.79. The van der Waals surface area contributed by atoms with Crippen LogP contribution >= 0.6 is 23.7 Å². The SMILES string of the molecule is CCC(NC(=O)CC1CNCCO1)c1cccs1.Cl. The molecule has 0 spiro atoms. The Kier molecular flexibility index (Phi) is 7.38. The summed E-state index contributed by atoms with van der Waals surface area (Å²) in [4.78, 5) is 13.2. The van der Waals surface area contributed by atoms with Gasteiger partial charge in [0, 0.05) is 18.0 Å². The molecule has 1 aromatic rings. The molecule has 0 aromatic carbocycles. The fourth-order valence-electron chi connectivity index (χ4n) is 2.07. The summed E-state index contributed by atoms with van der Waals surface area (Å²) in [6, 6.07) is 4.22. The molecule has 1 aliphatic rings. The number of hydrogen-bond donors (Lipinski definition) is 2. The second-order valence-corrected chi connectivity index (χ2v) is 5.42. The highest BCUT2D eigenvalue weighted by Gasteiger charge is 2.19. The number of carbonyl (C=O) groups excluding carboxylic acids is 1. The molecule has 108 valence electrons. The molecular formula is C13H21ClN2O2S. The first-order valence-electron chi connectivity index (χ1n) is 6.44. The molecule has 2 heterocycles. The maximum Gasteiger partial charge on any atom is 0.223 e. The Morgan fingerprint density at radius 3 is 3.11 bits per heavy atom. The number of ether oxygens (including phenoxy) is 1. The lowest BCUT2D eigenvalue weighted by Gasteiger charge is -2.24. The summed E-state index contributed by atoms with van der Waals surface area (Å²) in [6.45, 7) is 4.43. The molecule has 4 nitrogen and oxygen atoms in total. The maximum absolute atomic E-state index is 12.0. The van der Waals surface area contributed by atoms with Crippen molar-refractivity contribution in [1.29, 1.82) is 0 Å². The first-order valence-corrected chi connectivity index (χ1v) is 7.32. The average Bonchev–Trinajstić information content (AvgIpc) is 2.91. The van der Waals surface area contributed by atoms with Crippen LogP contribution in [0.25, 0.3) is 0 Å². The molecule has 19 heavy (non-hydrogen) atoms. The van der Waals surface area contributed by atoms with Crippen molar-refractivity contribution in [2.45, 2.75) is 31.9 Å². The summed E-state index contributed by atoms with van der Waals surface area (Å²) in [5, 5.41) is 8.35. The molecule has 2 N–H and O–H groups in total. The third-order valence-electron chi connectivity index (χ3n) is 3.05. The van der Waals surface area contributed by atoms with E-state index in [1.54, 1.807) is 11.3 Å². The Morgan fingerprint density at radius 2 is 2.53 bits per heavy atom. The number of amides is 1. The van der Waals surface area contributed by atoms with E-state index in [1.165, 1.54) is 4.88 Å². The summed E-state index contributed by atoms with van der Waals surface area (Å²) < 4.78 is 5.53. The van der Waals surface area contributed by atoms with E-state index in [4.69, 9.17) is 4.74 Å². The van der Waals surface area contributed by atoms with E-state index in [0.717, 1.165) is 19.5 Å². The Balaban J connectivity index is 0.00000180. The minimum absolute atomic E-state index is 0. The summed E-state index contributed by atoms with van der Waals surface area (Å²) in [6.07, 6.45) is 1.37. The standard InChI is InChI=1S/C13H20N2O2S.ClH/c1-2-11(12-4-3-7-18-12)15-13(16)8-10-9-14-5-6-17-10;/h3-4,7,10-11,14H,2,5-6,8-9H2,1H3,(H,15,16);1H. The highest BCUT2D eigenvalue weighted by atomic mass is 35.5. The van der Waals surface area contributed by atoms with Gasteiger partial charge in [0.15, 0.2) is 0 Å². The molecule has 0 saturated carbocycles. The van der Waals surface area contributed by atoms with Gasteiger partial charge in [0.05, 0.1) is 25.2 Å². The zero-order chi connectivity index (χ0) is 12.8. The van der Waals surface area contributed by atoms with Gasteiger partial charge in [-0.05, 0) is 17.9 Å². The molecule has 1 saturated heterocycles. The molecule has 2 unspecified atom stereocenters. The third-order valence-corrected chi connectivity index (χ3v) is 4.03. The highest BCUT2D eigenvalue weighted by molar-refractivity contribution is 7.10. The van der Waals surface area contributed by atoms with Gasteiger partial charge in [-0.25, -0.2) is 0 Å². The van der Waals surface area contributed by atoms with E-state index in [-0.39, 0.29) is 30.5 Å². The van der Waals surface area contributed by atoms with Crippen LogP contribution in [-0.4, -0.2) is 31.7 Å². The highest BCUT2D eigenvalue weighted by Crippen LogP contribution is 2.21. The van der Waals surface area contributed by atoms with Crippen LogP contribution < -0.4 is 10.6 Å². The van der Waals surface area contributed by atoms with Gasteiger partial charge in [0.25, 0.3) is 0 Å². The van der Waals surface area contributed by atoms with Crippen LogP contribution in [0.4, 0.5) is 0 Å². The molecule has 2 rings (SSSR count). The molecule has 1 aliphatic heterocycles. The quantitative estimate of drug-likeness (QED) is 0.876. The molecule has 2 atom stereocenters. The van der Waals surface area contributed by atoms with E-state index in [0.29, 0.717) is 13.0 Å². The number of rotatable bonds is 5. The fourth-order valence-corrected chi connectivity index (χ4v) is 2.94. The molecule has 0 bridgehead atoms. The molecule has 6 heteroatoms. The van der Waals surface area contributed by atoms with Gasteiger partial charge in [-0.3, -0.25) is 4.79 Å².